The summed E-state index contributed by atoms with van der Waals surface area (Å²) in [5.41, 5.74) is 1.23. The summed E-state index contributed by atoms with van der Waals surface area (Å²) in [7, 11) is 0. The minimum absolute atomic E-state index is 0.0186. The Morgan fingerprint density at radius 1 is 1.07 bits per heavy atom. The van der Waals surface area contributed by atoms with Crippen molar-refractivity contribution in [3.05, 3.63) is 41.6 Å². The van der Waals surface area contributed by atoms with Gasteiger partial charge in [0, 0.05) is 45.0 Å². The van der Waals surface area contributed by atoms with Gasteiger partial charge < -0.3 is 19.1 Å². The van der Waals surface area contributed by atoms with E-state index < -0.39 is 0 Å². The van der Waals surface area contributed by atoms with Gasteiger partial charge in [0.05, 0.1) is 6.26 Å². The van der Waals surface area contributed by atoms with E-state index in [0.29, 0.717) is 49.5 Å². The summed E-state index contributed by atoms with van der Waals surface area (Å²) in [4.78, 5) is 40.2. The molecule has 1 atom stereocenters. The fraction of sp³-hybridized carbons (Fsp3) is 0.524. The second kappa shape index (κ2) is 8.23. The fourth-order valence-electron chi connectivity index (χ4n) is 4.01. The van der Waals surface area contributed by atoms with E-state index in [0.717, 1.165) is 25.2 Å². The molecule has 0 radical (unpaired) electrons. The summed E-state index contributed by atoms with van der Waals surface area (Å²) >= 11 is 0. The van der Waals surface area contributed by atoms with Gasteiger partial charge in [-0.15, -0.1) is 0 Å². The van der Waals surface area contributed by atoms with Gasteiger partial charge in [-0.05, 0) is 43.9 Å². The summed E-state index contributed by atoms with van der Waals surface area (Å²) in [6, 6.07) is 5.16. The lowest BCUT2D eigenvalue weighted by Gasteiger charge is -2.34. The molecule has 2 aliphatic rings. The molecule has 154 valence electrons. The van der Waals surface area contributed by atoms with Gasteiger partial charge in [-0.25, -0.2) is 9.97 Å². The molecular weight excluding hydrogens is 370 g/mol. The Hall–Kier alpha value is -2.90. The Morgan fingerprint density at radius 2 is 1.86 bits per heavy atom. The second-order valence-electron chi connectivity index (χ2n) is 7.95. The normalized spacial score (nSPS) is 20.1. The molecule has 0 aromatic carbocycles. The molecule has 0 N–H and O–H groups in total. The van der Waals surface area contributed by atoms with Gasteiger partial charge in [0.25, 0.3) is 11.8 Å². The Bertz CT molecular complexity index is 874. The molecule has 0 spiro atoms. The van der Waals surface area contributed by atoms with Crippen LogP contribution in [0.5, 0.6) is 0 Å². The van der Waals surface area contributed by atoms with E-state index in [1.54, 1.807) is 23.1 Å². The third-order valence-corrected chi connectivity index (χ3v) is 5.59. The molecule has 0 aliphatic carbocycles. The average Bonchev–Trinajstić information content (AvgIpc) is 3.27. The maximum absolute atomic E-state index is 13.0. The number of piperidine rings is 1. The Kier molecular flexibility index (Phi) is 5.51. The van der Waals surface area contributed by atoms with E-state index in [2.05, 4.69) is 16.9 Å². The quantitative estimate of drug-likeness (QED) is 0.790. The molecule has 8 nitrogen and oxygen atoms in total. The van der Waals surface area contributed by atoms with Gasteiger partial charge in [-0.2, -0.15) is 0 Å². The highest BCUT2D eigenvalue weighted by Gasteiger charge is 2.27. The molecule has 1 unspecified atom stereocenters. The summed E-state index contributed by atoms with van der Waals surface area (Å²) in [6.45, 7) is 7.99. The molecule has 2 fully saturated rings. The van der Waals surface area contributed by atoms with Crippen LogP contribution in [0.4, 0.5) is 5.95 Å². The standard InChI is InChI=1S/C21H27N5O3/c1-15-5-3-7-26(14-15)19(27)17-13-16(2)22-21(23-17)25-10-8-24(9-11-25)20(28)18-6-4-12-29-18/h4,6,12-13,15H,3,5,7-11,14H2,1-2H3. The molecule has 2 amide bonds. The van der Waals surface area contributed by atoms with Crippen LogP contribution in [-0.4, -0.2) is 70.9 Å². The van der Waals surface area contributed by atoms with Crippen LogP contribution in [0.15, 0.2) is 28.9 Å². The Morgan fingerprint density at radius 3 is 2.55 bits per heavy atom. The monoisotopic (exact) mass is 397 g/mol. The first-order chi connectivity index (χ1) is 14.0. The van der Waals surface area contributed by atoms with Crippen molar-refractivity contribution in [1.29, 1.82) is 0 Å². The van der Waals surface area contributed by atoms with Crippen LogP contribution in [0.25, 0.3) is 0 Å². The summed E-state index contributed by atoms with van der Waals surface area (Å²) in [5, 5.41) is 0. The zero-order valence-electron chi connectivity index (χ0n) is 17.0. The largest absolute Gasteiger partial charge is 0.459 e. The number of hydrogen-bond acceptors (Lipinski definition) is 6. The molecule has 29 heavy (non-hydrogen) atoms. The van der Waals surface area contributed by atoms with Crippen molar-refractivity contribution in [3.63, 3.8) is 0 Å². The van der Waals surface area contributed by atoms with Crippen LogP contribution in [0.1, 0.15) is 46.5 Å². The molecule has 0 bridgehead atoms. The lowest BCUT2D eigenvalue weighted by Crippen LogP contribution is -2.49. The predicted molar refractivity (Wildman–Crippen MR) is 108 cm³/mol. The topological polar surface area (TPSA) is 82.8 Å². The maximum atomic E-state index is 13.0. The number of carbonyl (C=O) groups excluding carboxylic acids is 2. The van der Waals surface area contributed by atoms with Gasteiger partial charge in [0.2, 0.25) is 5.95 Å². The molecule has 2 aromatic heterocycles. The molecule has 4 rings (SSSR count). The van der Waals surface area contributed by atoms with Gasteiger partial charge in [-0.1, -0.05) is 6.92 Å². The summed E-state index contributed by atoms with van der Waals surface area (Å²) in [5.74, 6) is 1.32. The highest BCUT2D eigenvalue weighted by Crippen LogP contribution is 2.20. The van der Waals surface area contributed by atoms with Crippen molar-refractivity contribution >= 4 is 17.8 Å². The van der Waals surface area contributed by atoms with Crippen LogP contribution in [-0.2, 0) is 0 Å². The Labute approximate surface area is 170 Å². The molecule has 2 saturated heterocycles. The highest BCUT2D eigenvalue weighted by molar-refractivity contribution is 5.93. The first kappa shape index (κ1) is 19.4. The number of likely N-dealkylation sites (tertiary alicyclic amines) is 1. The molecule has 4 heterocycles. The number of aryl methyl sites for hydroxylation is 1. The van der Waals surface area contributed by atoms with Crippen LogP contribution in [0, 0.1) is 12.8 Å². The van der Waals surface area contributed by atoms with Crippen molar-refractivity contribution < 1.29 is 14.0 Å². The Balaban J connectivity index is 1.44. The second-order valence-corrected chi connectivity index (χ2v) is 7.95. The van der Waals surface area contributed by atoms with E-state index in [9.17, 15) is 9.59 Å². The van der Waals surface area contributed by atoms with Crippen LogP contribution < -0.4 is 4.90 Å². The number of anilines is 1. The van der Waals surface area contributed by atoms with E-state index in [1.165, 1.54) is 12.7 Å². The van der Waals surface area contributed by atoms with Crippen LogP contribution in [0.3, 0.4) is 0 Å². The first-order valence-electron chi connectivity index (χ1n) is 10.2. The van der Waals surface area contributed by atoms with Crippen molar-refractivity contribution in [3.8, 4) is 0 Å². The van der Waals surface area contributed by atoms with Gasteiger partial charge >= 0.3 is 0 Å². The number of aromatic nitrogens is 2. The molecule has 2 aromatic rings. The fourth-order valence-corrected chi connectivity index (χ4v) is 4.01. The molecular formula is C21H27N5O3. The van der Waals surface area contributed by atoms with Gasteiger partial charge in [-0.3, -0.25) is 9.59 Å². The number of amides is 2. The summed E-state index contributed by atoms with van der Waals surface area (Å²) < 4.78 is 5.21. The SMILES string of the molecule is Cc1cc(C(=O)N2CCCC(C)C2)nc(N2CCN(C(=O)c3ccco3)CC2)n1. The lowest BCUT2D eigenvalue weighted by molar-refractivity contribution is 0.0676. The van der Waals surface area contributed by atoms with Crippen molar-refractivity contribution in [2.45, 2.75) is 26.7 Å². The number of piperazine rings is 1. The smallest absolute Gasteiger partial charge is 0.289 e. The predicted octanol–water partition coefficient (Wildman–Crippen LogP) is 2.21. The average molecular weight is 397 g/mol. The van der Waals surface area contributed by atoms with Crippen LogP contribution >= 0.6 is 0 Å². The highest BCUT2D eigenvalue weighted by atomic mass is 16.3. The zero-order valence-corrected chi connectivity index (χ0v) is 17.0. The number of carbonyl (C=O) groups is 2. The van der Waals surface area contributed by atoms with Crippen molar-refractivity contribution in [2.24, 2.45) is 5.92 Å². The van der Waals surface area contributed by atoms with Gasteiger partial charge in [0.1, 0.15) is 5.69 Å². The number of rotatable bonds is 3. The third-order valence-electron chi connectivity index (χ3n) is 5.59. The van der Waals surface area contributed by atoms with Gasteiger partial charge in [0.15, 0.2) is 5.76 Å². The van der Waals surface area contributed by atoms with E-state index in [-0.39, 0.29) is 11.8 Å². The maximum Gasteiger partial charge on any atom is 0.289 e. The first-order valence-corrected chi connectivity index (χ1v) is 10.2. The van der Waals surface area contributed by atoms with E-state index in [1.807, 2.05) is 16.7 Å². The number of nitrogens with zero attached hydrogens (tertiary/aromatic N) is 5. The number of hydrogen-bond donors (Lipinski definition) is 0. The minimum Gasteiger partial charge on any atom is -0.459 e. The number of furan rings is 1. The van der Waals surface area contributed by atoms with Crippen molar-refractivity contribution in [2.75, 3.05) is 44.2 Å². The summed E-state index contributed by atoms with van der Waals surface area (Å²) in [6.07, 6.45) is 3.71. The third kappa shape index (κ3) is 4.26. The molecule has 0 saturated carbocycles. The lowest BCUT2D eigenvalue weighted by atomic mass is 10.00. The van der Waals surface area contributed by atoms with E-state index in [4.69, 9.17) is 4.42 Å². The minimum atomic E-state index is -0.102. The van der Waals surface area contributed by atoms with Crippen LogP contribution in [0.2, 0.25) is 0 Å². The molecule has 2 aliphatic heterocycles. The van der Waals surface area contributed by atoms with E-state index >= 15 is 0 Å². The van der Waals surface area contributed by atoms with Crippen molar-refractivity contribution in [1.82, 2.24) is 19.8 Å². The molecule has 8 heteroatoms. The zero-order chi connectivity index (χ0) is 20.4.